The fraction of sp³-hybridized carbons (Fsp3) is 0.185. The summed E-state index contributed by atoms with van der Waals surface area (Å²) in [5.41, 5.74) is 2.45. The third kappa shape index (κ3) is 4.96. The number of aryl methyl sites for hydroxylation is 1. The summed E-state index contributed by atoms with van der Waals surface area (Å²) in [4.78, 5) is 22.6. The number of nitrogens with zero attached hydrogens (tertiary/aromatic N) is 4. The third-order valence-corrected chi connectivity index (χ3v) is 6.70. The van der Waals surface area contributed by atoms with Gasteiger partial charge in [-0.15, -0.1) is 0 Å². The molecule has 2 aromatic heterocycles. The number of methoxy groups -OCH3 is 2. The quantitative estimate of drug-likeness (QED) is 0.206. The molecule has 2 heterocycles. The van der Waals surface area contributed by atoms with Crippen molar-refractivity contribution in [3.8, 4) is 22.9 Å². The minimum atomic E-state index is -0.0618. The predicted molar refractivity (Wildman–Crippen MR) is 139 cm³/mol. The SMILES string of the molecule is COc1ccc(-c2noc(CSc3nc4ccccc4c(=O)n3CCc3ccccc3)n2)c(OC)c1. The summed E-state index contributed by atoms with van der Waals surface area (Å²) in [5, 5.41) is 5.33. The summed E-state index contributed by atoms with van der Waals surface area (Å²) in [6.07, 6.45) is 0.719. The van der Waals surface area contributed by atoms with Gasteiger partial charge in [0.2, 0.25) is 11.7 Å². The maximum absolute atomic E-state index is 13.3. The van der Waals surface area contributed by atoms with Crippen LogP contribution in [0.2, 0.25) is 0 Å². The number of hydrogen-bond acceptors (Lipinski definition) is 8. The molecule has 0 saturated heterocycles. The summed E-state index contributed by atoms with van der Waals surface area (Å²) in [6, 6.07) is 22.9. The lowest BCUT2D eigenvalue weighted by atomic mass is 10.1. The van der Waals surface area contributed by atoms with E-state index < -0.39 is 0 Å². The largest absolute Gasteiger partial charge is 0.497 e. The summed E-state index contributed by atoms with van der Waals surface area (Å²) in [7, 11) is 3.17. The van der Waals surface area contributed by atoms with E-state index in [-0.39, 0.29) is 5.56 Å². The normalized spacial score (nSPS) is 11.1. The van der Waals surface area contributed by atoms with Gasteiger partial charge in [0.25, 0.3) is 5.56 Å². The number of rotatable bonds is 9. The number of benzene rings is 3. The van der Waals surface area contributed by atoms with Crippen molar-refractivity contribution in [2.75, 3.05) is 14.2 Å². The number of fused-ring (bicyclic) bond motifs is 1. The molecule has 0 N–H and O–H groups in total. The number of aromatic nitrogens is 4. The van der Waals surface area contributed by atoms with Crippen LogP contribution in [0.15, 0.2) is 87.3 Å². The van der Waals surface area contributed by atoms with E-state index in [1.165, 1.54) is 11.8 Å². The molecule has 0 bridgehead atoms. The van der Waals surface area contributed by atoms with Crippen molar-refractivity contribution in [2.45, 2.75) is 23.9 Å². The molecule has 0 aliphatic carbocycles. The summed E-state index contributed by atoms with van der Waals surface area (Å²) < 4.78 is 17.9. The van der Waals surface area contributed by atoms with Gasteiger partial charge in [0.15, 0.2) is 5.16 Å². The second kappa shape index (κ2) is 10.7. The van der Waals surface area contributed by atoms with Gasteiger partial charge in [-0.25, -0.2) is 4.98 Å². The summed E-state index contributed by atoms with van der Waals surface area (Å²) >= 11 is 1.39. The van der Waals surface area contributed by atoms with Crippen LogP contribution in [0.1, 0.15) is 11.5 Å². The standard InChI is InChI=1S/C27H24N4O4S/c1-33-19-12-13-21(23(16-19)34-2)25-29-24(35-30-25)17-36-27-28-22-11-7-6-10-20(22)26(32)31(27)15-14-18-8-4-3-5-9-18/h3-13,16H,14-15,17H2,1-2H3. The fourth-order valence-corrected chi connectivity index (χ4v) is 4.74. The van der Waals surface area contributed by atoms with Gasteiger partial charge in [-0.2, -0.15) is 4.98 Å². The zero-order valence-corrected chi connectivity index (χ0v) is 20.7. The lowest BCUT2D eigenvalue weighted by Gasteiger charge is -2.12. The molecule has 0 spiro atoms. The molecule has 182 valence electrons. The van der Waals surface area contributed by atoms with Crippen molar-refractivity contribution in [1.29, 1.82) is 0 Å². The fourth-order valence-electron chi connectivity index (χ4n) is 3.87. The van der Waals surface area contributed by atoms with Crippen LogP contribution in [-0.2, 0) is 18.7 Å². The Bertz CT molecular complexity index is 1550. The molecule has 0 saturated carbocycles. The van der Waals surface area contributed by atoms with Crippen LogP contribution < -0.4 is 15.0 Å². The Kier molecular flexibility index (Phi) is 6.99. The van der Waals surface area contributed by atoms with Gasteiger partial charge in [-0.1, -0.05) is 59.4 Å². The molecule has 0 atom stereocenters. The first-order valence-corrected chi connectivity index (χ1v) is 12.4. The van der Waals surface area contributed by atoms with E-state index in [1.807, 2.05) is 54.6 Å². The average molecular weight is 501 g/mol. The van der Waals surface area contributed by atoms with Crippen LogP contribution >= 0.6 is 11.8 Å². The Morgan fingerprint density at radius 3 is 2.56 bits per heavy atom. The smallest absolute Gasteiger partial charge is 0.262 e. The Balaban J connectivity index is 1.41. The number of para-hydroxylation sites is 1. The van der Waals surface area contributed by atoms with Crippen molar-refractivity contribution < 1.29 is 14.0 Å². The van der Waals surface area contributed by atoms with Crippen molar-refractivity contribution in [3.63, 3.8) is 0 Å². The van der Waals surface area contributed by atoms with E-state index in [2.05, 4.69) is 22.3 Å². The molecular weight excluding hydrogens is 476 g/mol. The lowest BCUT2D eigenvalue weighted by molar-refractivity contribution is 0.388. The Hall–Kier alpha value is -4.11. The topological polar surface area (TPSA) is 92.3 Å². The monoisotopic (exact) mass is 500 g/mol. The second-order valence-corrected chi connectivity index (χ2v) is 8.91. The molecule has 0 aliphatic heterocycles. The average Bonchev–Trinajstić information content (AvgIpc) is 3.40. The zero-order valence-electron chi connectivity index (χ0n) is 19.9. The molecule has 0 aliphatic rings. The minimum Gasteiger partial charge on any atom is -0.497 e. The predicted octanol–water partition coefficient (Wildman–Crippen LogP) is 5.00. The molecule has 0 radical (unpaired) electrons. The van der Waals surface area contributed by atoms with E-state index in [0.717, 1.165) is 12.0 Å². The number of hydrogen-bond donors (Lipinski definition) is 0. The van der Waals surface area contributed by atoms with E-state index in [1.54, 1.807) is 24.9 Å². The molecule has 0 amide bonds. The van der Waals surface area contributed by atoms with Gasteiger partial charge in [-0.05, 0) is 36.2 Å². The first-order valence-electron chi connectivity index (χ1n) is 11.4. The molecule has 8 nitrogen and oxygen atoms in total. The molecule has 9 heteroatoms. The highest BCUT2D eigenvalue weighted by Gasteiger charge is 2.17. The van der Waals surface area contributed by atoms with E-state index >= 15 is 0 Å². The minimum absolute atomic E-state index is 0.0618. The summed E-state index contributed by atoms with van der Waals surface area (Å²) in [6.45, 7) is 0.515. The highest BCUT2D eigenvalue weighted by atomic mass is 32.2. The Labute approximate surface area is 211 Å². The van der Waals surface area contributed by atoms with Gasteiger partial charge in [0.05, 0.1) is 36.4 Å². The van der Waals surface area contributed by atoms with Gasteiger partial charge in [0, 0.05) is 12.6 Å². The highest BCUT2D eigenvalue weighted by Crippen LogP contribution is 2.32. The van der Waals surface area contributed by atoms with Crippen LogP contribution in [0, 0.1) is 0 Å². The molecule has 3 aromatic carbocycles. The third-order valence-electron chi connectivity index (χ3n) is 5.74. The van der Waals surface area contributed by atoms with Crippen molar-refractivity contribution >= 4 is 22.7 Å². The van der Waals surface area contributed by atoms with Gasteiger partial charge >= 0.3 is 0 Å². The van der Waals surface area contributed by atoms with E-state index in [0.29, 0.717) is 57.1 Å². The molecule has 36 heavy (non-hydrogen) atoms. The molecule has 5 rings (SSSR count). The molecular formula is C27H24N4O4S. The van der Waals surface area contributed by atoms with Crippen LogP contribution in [0.25, 0.3) is 22.3 Å². The molecule has 0 fully saturated rings. The van der Waals surface area contributed by atoms with E-state index in [4.69, 9.17) is 19.0 Å². The zero-order chi connectivity index (χ0) is 24.9. The molecule has 0 unspecified atom stereocenters. The van der Waals surface area contributed by atoms with Crippen molar-refractivity contribution in [3.05, 3.63) is 94.6 Å². The first kappa shape index (κ1) is 23.6. The lowest BCUT2D eigenvalue weighted by Crippen LogP contribution is -2.24. The highest BCUT2D eigenvalue weighted by molar-refractivity contribution is 7.98. The maximum Gasteiger partial charge on any atom is 0.262 e. The van der Waals surface area contributed by atoms with Crippen LogP contribution in [-0.4, -0.2) is 33.9 Å². The van der Waals surface area contributed by atoms with Crippen LogP contribution in [0.4, 0.5) is 0 Å². The second-order valence-electron chi connectivity index (χ2n) is 7.97. The number of thioether (sulfide) groups is 1. The van der Waals surface area contributed by atoms with Crippen LogP contribution in [0.5, 0.6) is 11.5 Å². The Morgan fingerprint density at radius 2 is 1.75 bits per heavy atom. The van der Waals surface area contributed by atoms with Gasteiger partial charge in [-0.3, -0.25) is 9.36 Å². The first-order chi connectivity index (χ1) is 17.7. The molecule has 5 aromatic rings. The van der Waals surface area contributed by atoms with Crippen molar-refractivity contribution in [1.82, 2.24) is 19.7 Å². The van der Waals surface area contributed by atoms with Gasteiger partial charge < -0.3 is 14.0 Å². The summed E-state index contributed by atoms with van der Waals surface area (Å²) in [5.74, 6) is 2.45. The van der Waals surface area contributed by atoms with Crippen molar-refractivity contribution in [2.24, 2.45) is 0 Å². The Morgan fingerprint density at radius 1 is 0.944 bits per heavy atom. The van der Waals surface area contributed by atoms with Crippen LogP contribution in [0.3, 0.4) is 0 Å². The van der Waals surface area contributed by atoms with Gasteiger partial charge in [0.1, 0.15) is 11.5 Å². The van der Waals surface area contributed by atoms with E-state index in [9.17, 15) is 4.79 Å². The maximum atomic E-state index is 13.3. The number of ether oxygens (including phenoxy) is 2.